The highest BCUT2D eigenvalue weighted by molar-refractivity contribution is 5.79. The van der Waals surface area contributed by atoms with Gasteiger partial charge in [-0.15, -0.1) is 6.58 Å². The van der Waals surface area contributed by atoms with E-state index in [1.165, 1.54) is 6.07 Å². The first-order valence-electron chi connectivity index (χ1n) is 7.29. The van der Waals surface area contributed by atoms with Crippen molar-refractivity contribution in [3.63, 3.8) is 0 Å². The van der Waals surface area contributed by atoms with Gasteiger partial charge in [-0.25, -0.2) is 0 Å². The van der Waals surface area contributed by atoms with Crippen molar-refractivity contribution in [2.75, 3.05) is 32.1 Å². The topological polar surface area (TPSA) is 6.48 Å². The predicted molar refractivity (Wildman–Crippen MR) is 84.8 cm³/mol. The number of unbranched alkanes of at least 4 members (excludes halogenated alkanes) is 1. The van der Waals surface area contributed by atoms with Crippen LogP contribution in [0.3, 0.4) is 0 Å². The van der Waals surface area contributed by atoms with Crippen LogP contribution in [0, 0.1) is 0 Å². The maximum absolute atomic E-state index is 13.0. The first-order chi connectivity index (χ1) is 10.3. The number of halogens is 3. The van der Waals surface area contributed by atoms with Crippen molar-refractivity contribution in [1.82, 2.24) is 4.90 Å². The zero-order valence-electron chi connectivity index (χ0n) is 13.0. The number of nitrogens with zero attached hydrogens (tertiary/aromatic N) is 2. The van der Waals surface area contributed by atoms with Gasteiger partial charge in [0.05, 0.1) is 5.56 Å². The molecule has 0 unspecified atom stereocenters. The highest BCUT2D eigenvalue weighted by Crippen LogP contribution is 2.38. The van der Waals surface area contributed by atoms with Crippen molar-refractivity contribution in [3.8, 4) is 0 Å². The van der Waals surface area contributed by atoms with Crippen LogP contribution in [-0.2, 0) is 6.18 Å². The highest BCUT2D eigenvalue weighted by atomic mass is 19.4. The molecule has 1 aliphatic heterocycles. The van der Waals surface area contributed by atoms with E-state index in [1.54, 1.807) is 6.07 Å². The minimum absolute atomic E-state index is 0.597. The number of fused-ring (bicyclic) bond motifs is 1. The van der Waals surface area contributed by atoms with Crippen molar-refractivity contribution < 1.29 is 13.2 Å². The summed E-state index contributed by atoms with van der Waals surface area (Å²) >= 11 is 0. The largest absolute Gasteiger partial charge is 0.416 e. The lowest BCUT2D eigenvalue weighted by Crippen LogP contribution is -2.30. The van der Waals surface area contributed by atoms with Gasteiger partial charge in [0.25, 0.3) is 0 Å². The SMILES string of the molecule is C=CCCCN1CC=C(N(C)C)c2ccc(C(F)(F)F)cc21. The number of rotatable bonds is 5. The summed E-state index contributed by atoms with van der Waals surface area (Å²) in [5, 5.41) is 0. The van der Waals surface area contributed by atoms with Gasteiger partial charge in [-0.1, -0.05) is 12.1 Å². The van der Waals surface area contributed by atoms with Crippen LogP contribution in [0.15, 0.2) is 36.9 Å². The van der Waals surface area contributed by atoms with E-state index in [1.807, 2.05) is 30.0 Å². The minimum atomic E-state index is -4.32. The van der Waals surface area contributed by atoms with E-state index in [9.17, 15) is 13.2 Å². The second-order valence-electron chi connectivity index (χ2n) is 5.59. The zero-order chi connectivity index (χ0) is 16.3. The normalized spacial score (nSPS) is 14.4. The summed E-state index contributed by atoms with van der Waals surface area (Å²) < 4.78 is 39.0. The Kier molecular flexibility index (Phi) is 4.84. The molecule has 0 aliphatic carbocycles. The second-order valence-corrected chi connectivity index (χ2v) is 5.59. The Balaban J connectivity index is 2.39. The van der Waals surface area contributed by atoms with Crippen molar-refractivity contribution in [2.45, 2.75) is 19.0 Å². The fraction of sp³-hybridized carbons (Fsp3) is 0.412. The smallest absolute Gasteiger partial charge is 0.377 e. The summed E-state index contributed by atoms with van der Waals surface area (Å²) in [5.74, 6) is 0. The molecule has 0 N–H and O–H groups in total. The van der Waals surface area contributed by atoms with Crippen molar-refractivity contribution in [2.24, 2.45) is 0 Å². The number of allylic oxidation sites excluding steroid dienone is 1. The van der Waals surface area contributed by atoms with Gasteiger partial charge in [0.1, 0.15) is 0 Å². The van der Waals surface area contributed by atoms with Crippen LogP contribution in [0.2, 0.25) is 0 Å². The fourth-order valence-corrected chi connectivity index (χ4v) is 2.65. The van der Waals surface area contributed by atoms with Crippen LogP contribution in [0.25, 0.3) is 5.70 Å². The lowest BCUT2D eigenvalue weighted by atomic mass is 10.0. The molecule has 22 heavy (non-hydrogen) atoms. The molecule has 0 amide bonds. The van der Waals surface area contributed by atoms with E-state index < -0.39 is 11.7 Å². The van der Waals surface area contributed by atoms with Crippen LogP contribution in [0.4, 0.5) is 18.9 Å². The Morgan fingerprint density at radius 3 is 2.64 bits per heavy atom. The van der Waals surface area contributed by atoms with E-state index in [4.69, 9.17) is 0 Å². The van der Waals surface area contributed by atoms with E-state index >= 15 is 0 Å². The molecular formula is C17H21F3N2. The van der Waals surface area contributed by atoms with E-state index in [-0.39, 0.29) is 0 Å². The molecular weight excluding hydrogens is 289 g/mol. The van der Waals surface area contributed by atoms with E-state index in [2.05, 4.69) is 12.7 Å². The van der Waals surface area contributed by atoms with Crippen molar-refractivity contribution in [3.05, 3.63) is 48.1 Å². The van der Waals surface area contributed by atoms with Crippen molar-refractivity contribution >= 4 is 11.4 Å². The second kappa shape index (κ2) is 6.46. The van der Waals surface area contributed by atoms with E-state index in [0.717, 1.165) is 36.7 Å². The number of hydrogen-bond acceptors (Lipinski definition) is 2. The maximum atomic E-state index is 13.0. The third kappa shape index (κ3) is 3.46. The number of alkyl halides is 3. The summed E-state index contributed by atoms with van der Waals surface area (Å²) in [6, 6.07) is 3.99. The van der Waals surface area contributed by atoms with Gasteiger partial charge in [-0.3, -0.25) is 0 Å². The zero-order valence-corrected chi connectivity index (χ0v) is 13.0. The summed E-state index contributed by atoms with van der Waals surface area (Å²) in [6.45, 7) is 5.03. The summed E-state index contributed by atoms with van der Waals surface area (Å²) in [6.07, 6.45) is 1.31. The van der Waals surface area contributed by atoms with Gasteiger partial charge in [0.2, 0.25) is 0 Å². The minimum Gasteiger partial charge on any atom is -0.377 e. The van der Waals surface area contributed by atoms with Crippen LogP contribution < -0.4 is 4.90 Å². The summed E-state index contributed by atoms with van der Waals surface area (Å²) in [7, 11) is 3.81. The third-order valence-corrected chi connectivity index (χ3v) is 3.76. The summed E-state index contributed by atoms with van der Waals surface area (Å²) in [4.78, 5) is 3.94. The average molecular weight is 310 g/mol. The standard InChI is InChI=1S/C17H21F3N2/c1-4-5-6-10-22-11-9-15(21(2)3)14-8-7-13(12-16(14)22)17(18,19)20/h4,7-9,12H,1,5-6,10-11H2,2-3H3. The number of benzene rings is 1. The van der Waals surface area contributed by atoms with Gasteiger partial charge in [0, 0.05) is 44.1 Å². The molecule has 2 nitrogen and oxygen atoms in total. The van der Waals surface area contributed by atoms with Crippen LogP contribution >= 0.6 is 0 Å². The summed E-state index contributed by atoms with van der Waals surface area (Å²) in [5.41, 5.74) is 1.87. The Morgan fingerprint density at radius 1 is 1.32 bits per heavy atom. The molecule has 0 saturated carbocycles. The predicted octanol–water partition coefficient (Wildman–Crippen LogP) is 4.39. The molecule has 0 aromatic heterocycles. The first-order valence-corrected chi connectivity index (χ1v) is 7.29. The molecule has 1 aromatic rings. The molecule has 0 saturated heterocycles. The van der Waals surface area contributed by atoms with Crippen LogP contribution in [-0.4, -0.2) is 32.1 Å². The molecule has 0 atom stereocenters. The number of anilines is 1. The van der Waals surface area contributed by atoms with E-state index in [0.29, 0.717) is 12.2 Å². The molecule has 2 rings (SSSR count). The molecule has 0 bridgehead atoms. The Hall–Kier alpha value is -1.91. The molecule has 120 valence electrons. The van der Waals surface area contributed by atoms with Crippen LogP contribution in [0.5, 0.6) is 0 Å². The fourth-order valence-electron chi connectivity index (χ4n) is 2.65. The monoisotopic (exact) mass is 310 g/mol. The molecule has 5 heteroatoms. The van der Waals surface area contributed by atoms with Gasteiger partial charge < -0.3 is 9.80 Å². The molecule has 1 aromatic carbocycles. The molecule has 0 radical (unpaired) electrons. The maximum Gasteiger partial charge on any atom is 0.416 e. The van der Waals surface area contributed by atoms with Gasteiger partial charge in [-0.2, -0.15) is 13.2 Å². The average Bonchev–Trinajstić information content (AvgIpc) is 2.45. The lowest BCUT2D eigenvalue weighted by Gasteiger charge is -2.33. The number of hydrogen-bond donors (Lipinski definition) is 0. The Bertz CT molecular complexity index is 574. The Morgan fingerprint density at radius 2 is 2.05 bits per heavy atom. The van der Waals surface area contributed by atoms with Crippen LogP contribution in [0.1, 0.15) is 24.0 Å². The molecule has 1 aliphatic rings. The molecule has 1 heterocycles. The molecule has 0 spiro atoms. The lowest BCUT2D eigenvalue weighted by molar-refractivity contribution is -0.137. The Labute approximate surface area is 129 Å². The highest BCUT2D eigenvalue weighted by Gasteiger charge is 2.32. The molecule has 0 fully saturated rings. The van der Waals surface area contributed by atoms with Crippen molar-refractivity contribution in [1.29, 1.82) is 0 Å². The van der Waals surface area contributed by atoms with Gasteiger partial charge >= 0.3 is 6.18 Å². The van der Waals surface area contributed by atoms with Gasteiger partial charge in [0.15, 0.2) is 0 Å². The quantitative estimate of drug-likeness (QED) is 0.588. The van der Waals surface area contributed by atoms with Gasteiger partial charge in [-0.05, 0) is 31.1 Å². The first kappa shape index (κ1) is 16.5. The third-order valence-electron chi connectivity index (χ3n) is 3.76.